The maximum atomic E-state index is 11.8. The monoisotopic (exact) mass is 285 g/mol. The molecular weight excluding hydrogens is 270 g/mol. The number of anilines is 1. The summed E-state index contributed by atoms with van der Waals surface area (Å²) in [5.41, 5.74) is 3.23. The molecule has 0 atom stereocenters. The molecule has 1 heterocycles. The third kappa shape index (κ3) is 3.41. The van der Waals surface area contributed by atoms with Gasteiger partial charge in [-0.15, -0.1) is 11.3 Å². The van der Waals surface area contributed by atoms with E-state index < -0.39 is 10.0 Å². The first-order valence-electron chi connectivity index (χ1n) is 5.59. The van der Waals surface area contributed by atoms with Crippen LogP contribution in [0.4, 0.5) is 5.69 Å². The summed E-state index contributed by atoms with van der Waals surface area (Å²) < 4.78 is 27.2. The minimum Gasteiger partial charge on any atom is -0.320 e. The van der Waals surface area contributed by atoms with Gasteiger partial charge in [0.25, 0.3) is 0 Å². The smallest absolute Gasteiger partial charge is 0.232 e. The Morgan fingerprint density at radius 3 is 3.00 bits per heavy atom. The fraction of sp³-hybridized carbons (Fsp3) is 0.364. The Balaban J connectivity index is 2.07. The van der Waals surface area contributed by atoms with Crippen molar-refractivity contribution >= 4 is 37.3 Å². The van der Waals surface area contributed by atoms with Gasteiger partial charge in [-0.25, -0.2) is 13.4 Å². The van der Waals surface area contributed by atoms with Crippen LogP contribution in [0.3, 0.4) is 0 Å². The van der Waals surface area contributed by atoms with Gasteiger partial charge in [0.1, 0.15) is 0 Å². The summed E-state index contributed by atoms with van der Waals surface area (Å²) in [6, 6.07) is 5.36. The molecule has 0 bridgehead atoms. The number of fused-ring (bicyclic) bond motifs is 1. The van der Waals surface area contributed by atoms with Crippen LogP contribution < -0.4 is 10.0 Å². The van der Waals surface area contributed by atoms with Crippen LogP contribution in [0.1, 0.15) is 6.42 Å². The average molecular weight is 285 g/mol. The van der Waals surface area contributed by atoms with Crippen molar-refractivity contribution in [3.63, 3.8) is 0 Å². The Hall–Kier alpha value is -1.18. The van der Waals surface area contributed by atoms with Gasteiger partial charge in [-0.05, 0) is 38.2 Å². The van der Waals surface area contributed by atoms with Crippen molar-refractivity contribution in [1.29, 1.82) is 0 Å². The minimum atomic E-state index is -3.26. The number of sulfonamides is 1. The van der Waals surface area contributed by atoms with Crippen molar-refractivity contribution in [3.05, 3.63) is 23.7 Å². The zero-order valence-corrected chi connectivity index (χ0v) is 11.6. The van der Waals surface area contributed by atoms with E-state index in [0.717, 1.165) is 10.2 Å². The lowest BCUT2D eigenvalue weighted by Gasteiger charge is -2.07. The van der Waals surface area contributed by atoms with Crippen LogP contribution in [-0.4, -0.2) is 32.7 Å². The zero-order chi connectivity index (χ0) is 13.0. The van der Waals surface area contributed by atoms with E-state index in [1.54, 1.807) is 18.6 Å². The predicted octanol–water partition coefficient (Wildman–Crippen LogP) is 1.65. The highest BCUT2D eigenvalue weighted by molar-refractivity contribution is 7.92. The van der Waals surface area contributed by atoms with Crippen molar-refractivity contribution in [2.75, 3.05) is 24.1 Å². The van der Waals surface area contributed by atoms with E-state index in [1.807, 2.05) is 12.1 Å². The van der Waals surface area contributed by atoms with Gasteiger partial charge in [-0.2, -0.15) is 0 Å². The van der Waals surface area contributed by atoms with Gasteiger partial charge in [0.15, 0.2) is 0 Å². The van der Waals surface area contributed by atoms with E-state index >= 15 is 0 Å². The number of hydrogen-bond acceptors (Lipinski definition) is 5. The third-order valence-corrected chi connectivity index (χ3v) is 4.61. The van der Waals surface area contributed by atoms with E-state index in [0.29, 0.717) is 18.7 Å². The number of benzene rings is 1. The normalized spacial score (nSPS) is 11.8. The van der Waals surface area contributed by atoms with Crippen molar-refractivity contribution in [2.24, 2.45) is 0 Å². The maximum absolute atomic E-state index is 11.8. The molecule has 2 N–H and O–H groups in total. The second-order valence-electron chi connectivity index (χ2n) is 3.91. The van der Waals surface area contributed by atoms with E-state index in [2.05, 4.69) is 15.0 Å². The Labute approximate surface area is 110 Å². The average Bonchev–Trinajstić information content (AvgIpc) is 2.75. The van der Waals surface area contributed by atoms with E-state index in [9.17, 15) is 8.42 Å². The number of hydrogen-bond donors (Lipinski definition) is 2. The van der Waals surface area contributed by atoms with Gasteiger partial charge < -0.3 is 5.32 Å². The van der Waals surface area contributed by atoms with E-state index in [1.165, 1.54) is 11.3 Å². The van der Waals surface area contributed by atoms with Gasteiger partial charge in [0.05, 0.1) is 27.2 Å². The van der Waals surface area contributed by atoms with E-state index in [-0.39, 0.29) is 5.75 Å². The summed E-state index contributed by atoms with van der Waals surface area (Å²) in [7, 11) is -1.46. The fourth-order valence-corrected chi connectivity index (χ4v) is 3.42. The van der Waals surface area contributed by atoms with Crippen LogP contribution in [0.25, 0.3) is 10.2 Å². The van der Waals surface area contributed by atoms with Crippen molar-refractivity contribution in [3.8, 4) is 0 Å². The highest BCUT2D eigenvalue weighted by Gasteiger charge is 2.10. The second kappa shape index (κ2) is 5.64. The summed E-state index contributed by atoms with van der Waals surface area (Å²) in [6.45, 7) is 0.689. The third-order valence-electron chi connectivity index (χ3n) is 2.44. The fourth-order valence-electron chi connectivity index (χ4n) is 1.59. The molecule has 18 heavy (non-hydrogen) atoms. The number of aromatic nitrogens is 1. The largest absolute Gasteiger partial charge is 0.320 e. The van der Waals surface area contributed by atoms with Crippen molar-refractivity contribution < 1.29 is 8.42 Å². The lowest BCUT2D eigenvalue weighted by molar-refractivity contribution is 0.597. The molecule has 5 nitrogen and oxygen atoms in total. The van der Waals surface area contributed by atoms with Crippen LogP contribution in [0, 0.1) is 0 Å². The highest BCUT2D eigenvalue weighted by atomic mass is 32.2. The van der Waals surface area contributed by atoms with Crippen molar-refractivity contribution in [1.82, 2.24) is 10.3 Å². The van der Waals surface area contributed by atoms with Crippen LogP contribution in [0.15, 0.2) is 23.7 Å². The molecule has 1 aromatic heterocycles. The summed E-state index contributed by atoms with van der Waals surface area (Å²) in [4.78, 5) is 4.15. The molecule has 98 valence electrons. The number of nitrogens with one attached hydrogen (secondary N) is 2. The molecule has 0 aliphatic rings. The summed E-state index contributed by atoms with van der Waals surface area (Å²) >= 11 is 1.49. The molecule has 2 rings (SSSR count). The molecule has 0 fully saturated rings. The van der Waals surface area contributed by atoms with Gasteiger partial charge >= 0.3 is 0 Å². The van der Waals surface area contributed by atoms with Crippen LogP contribution in [0.2, 0.25) is 0 Å². The Kier molecular flexibility index (Phi) is 4.15. The first-order valence-corrected chi connectivity index (χ1v) is 8.12. The number of thiazole rings is 1. The standard InChI is InChI=1S/C11H15N3O2S2/c1-12-5-2-6-18(15,16)14-9-3-4-10-11(7-9)17-8-13-10/h3-4,7-8,12,14H,2,5-6H2,1H3. The zero-order valence-electron chi connectivity index (χ0n) is 10.0. The van der Waals surface area contributed by atoms with Gasteiger partial charge in [0.2, 0.25) is 10.0 Å². The Bertz CT molecular complexity index is 622. The summed E-state index contributed by atoms with van der Waals surface area (Å²) in [6.07, 6.45) is 0.592. The molecule has 0 saturated heterocycles. The molecule has 0 aliphatic heterocycles. The van der Waals surface area contributed by atoms with E-state index in [4.69, 9.17) is 0 Å². The summed E-state index contributed by atoms with van der Waals surface area (Å²) in [5.74, 6) is 0.120. The predicted molar refractivity (Wildman–Crippen MR) is 75.6 cm³/mol. The quantitative estimate of drug-likeness (QED) is 0.792. The highest BCUT2D eigenvalue weighted by Crippen LogP contribution is 2.22. The second-order valence-corrected chi connectivity index (χ2v) is 6.64. The number of rotatable bonds is 6. The molecule has 0 aliphatic carbocycles. The Morgan fingerprint density at radius 1 is 1.39 bits per heavy atom. The van der Waals surface area contributed by atoms with Crippen LogP contribution in [0.5, 0.6) is 0 Å². The molecule has 1 aromatic carbocycles. The van der Waals surface area contributed by atoms with Crippen LogP contribution >= 0.6 is 11.3 Å². The van der Waals surface area contributed by atoms with Crippen molar-refractivity contribution in [2.45, 2.75) is 6.42 Å². The molecular formula is C11H15N3O2S2. The number of nitrogens with zero attached hydrogens (tertiary/aromatic N) is 1. The molecule has 2 aromatic rings. The maximum Gasteiger partial charge on any atom is 0.232 e. The molecule has 7 heteroatoms. The SMILES string of the molecule is CNCCCS(=O)(=O)Nc1ccc2ncsc2c1. The van der Waals surface area contributed by atoms with Crippen LogP contribution in [-0.2, 0) is 10.0 Å². The summed E-state index contributed by atoms with van der Waals surface area (Å²) in [5, 5.41) is 2.93. The molecule has 0 saturated carbocycles. The van der Waals surface area contributed by atoms with Gasteiger partial charge in [0, 0.05) is 0 Å². The first kappa shape index (κ1) is 13.3. The lowest BCUT2D eigenvalue weighted by atomic mass is 10.3. The molecule has 0 unspecified atom stereocenters. The Morgan fingerprint density at radius 2 is 2.22 bits per heavy atom. The lowest BCUT2D eigenvalue weighted by Crippen LogP contribution is -2.20. The van der Waals surface area contributed by atoms with Gasteiger partial charge in [-0.1, -0.05) is 0 Å². The topological polar surface area (TPSA) is 71.1 Å². The molecule has 0 amide bonds. The molecule has 0 radical (unpaired) electrons. The molecule has 0 spiro atoms. The van der Waals surface area contributed by atoms with Gasteiger partial charge in [-0.3, -0.25) is 4.72 Å². The minimum absolute atomic E-state index is 0.120. The first-order chi connectivity index (χ1) is 8.61.